The maximum Gasteiger partial charge on any atom is 0.121 e. The molecule has 0 fully saturated rings. The van der Waals surface area contributed by atoms with Crippen LogP contribution in [0.25, 0.3) is 0 Å². The molecule has 2 aromatic rings. The normalized spacial score (nSPS) is 11.6. The summed E-state index contributed by atoms with van der Waals surface area (Å²) in [5.41, 5.74) is 2.01. The highest BCUT2D eigenvalue weighted by atomic mass is 16.5. The highest BCUT2D eigenvalue weighted by Gasteiger charge is 2.10. The number of nitrogens with zero attached hydrogens (tertiary/aromatic N) is 2. The fourth-order valence-electron chi connectivity index (χ4n) is 1.91. The van der Waals surface area contributed by atoms with Gasteiger partial charge in [-0.1, -0.05) is 12.1 Å². The quantitative estimate of drug-likeness (QED) is 0.874. The van der Waals surface area contributed by atoms with Gasteiger partial charge in [0.15, 0.2) is 0 Å². The first-order valence-electron chi connectivity index (χ1n) is 6.58. The second-order valence-corrected chi connectivity index (χ2v) is 4.30. The van der Waals surface area contributed by atoms with E-state index in [1.165, 1.54) is 0 Å². The van der Waals surface area contributed by atoms with Crippen molar-refractivity contribution in [1.29, 1.82) is 5.26 Å². The molecule has 0 spiro atoms. The van der Waals surface area contributed by atoms with Gasteiger partial charge in [-0.25, -0.2) is 0 Å². The summed E-state index contributed by atoms with van der Waals surface area (Å²) in [6.07, 6.45) is 3.49. The van der Waals surface area contributed by atoms with Crippen LogP contribution in [0, 0.1) is 11.3 Å². The van der Waals surface area contributed by atoms with Crippen molar-refractivity contribution in [2.24, 2.45) is 0 Å². The summed E-state index contributed by atoms with van der Waals surface area (Å²) in [6.45, 7) is 3.18. The minimum Gasteiger partial charge on any atom is -0.494 e. The monoisotopic (exact) mass is 267 g/mol. The van der Waals surface area contributed by atoms with Crippen molar-refractivity contribution in [2.45, 2.75) is 19.5 Å². The average molecular weight is 267 g/mol. The summed E-state index contributed by atoms with van der Waals surface area (Å²) >= 11 is 0. The molecule has 102 valence electrons. The third-order valence-corrected chi connectivity index (χ3v) is 2.89. The molecule has 20 heavy (non-hydrogen) atoms. The Kier molecular flexibility index (Phi) is 5.10. The van der Waals surface area contributed by atoms with E-state index in [1.54, 1.807) is 12.4 Å². The average Bonchev–Trinajstić information content (AvgIpc) is 2.50. The Morgan fingerprint density at radius 1 is 1.30 bits per heavy atom. The van der Waals surface area contributed by atoms with Gasteiger partial charge in [-0.05, 0) is 42.3 Å². The molecule has 0 bridgehead atoms. The molecule has 1 unspecified atom stereocenters. The molecule has 0 saturated carbocycles. The van der Waals surface area contributed by atoms with E-state index in [0.29, 0.717) is 13.2 Å². The number of aromatic nitrogens is 1. The summed E-state index contributed by atoms with van der Waals surface area (Å²) in [6, 6.07) is 13.4. The van der Waals surface area contributed by atoms with Gasteiger partial charge in [0.05, 0.1) is 12.7 Å². The van der Waals surface area contributed by atoms with Gasteiger partial charge in [-0.2, -0.15) is 5.26 Å². The first-order valence-corrected chi connectivity index (χ1v) is 6.58. The first kappa shape index (κ1) is 14.0. The topological polar surface area (TPSA) is 57.9 Å². The molecule has 2 rings (SSSR count). The Hall–Kier alpha value is -2.38. The van der Waals surface area contributed by atoms with E-state index >= 15 is 0 Å². The molecule has 4 heteroatoms. The van der Waals surface area contributed by atoms with Crippen LogP contribution < -0.4 is 10.1 Å². The van der Waals surface area contributed by atoms with Gasteiger partial charge in [0.2, 0.25) is 0 Å². The standard InChI is InChI=1S/C16H17N3O/c1-2-20-15-5-3-4-14(10-15)16(11-17)19-12-13-6-8-18-9-7-13/h3-10,16,19H,2,12H2,1H3. The van der Waals surface area contributed by atoms with Crippen molar-refractivity contribution in [1.82, 2.24) is 10.3 Å². The van der Waals surface area contributed by atoms with Crippen LogP contribution in [0.3, 0.4) is 0 Å². The van der Waals surface area contributed by atoms with Gasteiger partial charge in [0.25, 0.3) is 0 Å². The van der Waals surface area contributed by atoms with E-state index in [2.05, 4.69) is 16.4 Å². The molecule has 0 aliphatic heterocycles. The van der Waals surface area contributed by atoms with Crippen LogP contribution in [-0.2, 0) is 6.54 Å². The Balaban J connectivity index is 2.05. The Morgan fingerprint density at radius 2 is 2.10 bits per heavy atom. The van der Waals surface area contributed by atoms with Gasteiger partial charge in [0, 0.05) is 18.9 Å². The molecular formula is C16H17N3O. The predicted molar refractivity (Wildman–Crippen MR) is 77.0 cm³/mol. The van der Waals surface area contributed by atoms with Crippen molar-refractivity contribution in [3.63, 3.8) is 0 Å². The molecule has 0 radical (unpaired) electrons. The summed E-state index contributed by atoms with van der Waals surface area (Å²) in [4.78, 5) is 3.97. The number of hydrogen-bond donors (Lipinski definition) is 1. The second kappa shape index (κ2) is 7.27. The lowest BCUT2D eigenvalue weighted by molar-refractivity contribution is 0.339. The smallest absolute Gasteiger partial charge is 0.121 e. The lowest BCUT2D eigenvalue weighted by Crippen LogP contribution is -2.19. The summed E-state index contributed by atoms with van der Waals surface area (Å²) in [5.74, 6) is 0.788. The number of nitrogens with one attached hydrogen (secondary N) is 1. The van der Waals surface area contributed by atoms with E-state index in [9.17, 15) is 5.26 Å². The fourth-order valence-corrected chi connectivity index (χ4v) is 1.91. The van der Waals surface area contributed by atoms with Gasteiger partial charge in [-0.15, -0.1) is 0 Å². The summed E-state index contributed by atoms with van der Waals surface area (Å²) < 4.78 is 5.46. The Labute approximate surface area is 119 Å². The number of rotatable bonds is 6. The number of ether oxygens (including phenoxy) is 1. The van der Waals surface area contributed by atoms with Crippen LogP contribution in [0.5, 0.6) is 5.75 Å². The predicted octanol–water partition coefficient (Wildman–Crippen LogP) is 2.83. The molecule has 1 N–H and O–H groups in total. The van der Waals surface area contributed by atoms with Crippen molar-refractivity contribution in [2.75, 3.05) is 6.61 Å². The van der Waals surface area contributed by atoms with E-state index < -0.39 is 0 Å². The van der Waals surface area contributed by atoms with Crippen LogP contribution in [-0.4, -0.2) is 11.6 Å². The molecule has 0 amide bonds. The molecule has 1 atom stereocenters. The second-order valence-electron chi connectivity index (χ2n) is 4.30. The number of benzene rings is 1. The van der Waals surface area contributed by atoms with Gasteiger partial charge < -0.3 is 4.74 Å². The van der Waals surface area contributed by atoms with Crippen molar-refractivity contribution in [3.8, 4) is 11.8 Å². The molecule has 0 aliphatic carbocycles. The zero-order valence-electron chi connectivity index (χ0n) is 11.4. The maximum absolute atomic E-state index is 9.31. The summed E-state index contributed by atoms with van der Waals surface area (Å²) in [5, 5.41) is 12.5. The van der Waals surface area contributed by atoms with Crippen molar-refractivity contribution >= 4 is 0 Å². The number of pyridine rings is 1. The zero-order valence-corrected chi connectivity index (χ0v) is 11.4. The zero-order chi connectivity index (χ0) is 14.2. The van der Waals surface area contributed by atoms with Gasteiger partial charge in [0.1, 0.15) is 11.8 Å². The number of hydrogen-bond acceptors (Lipinski definition) is 4. The Morgan fingerprint density at radius 3 is 2.80 bits per heavy atom. The van der Waals surface area contributed by atoms with Crippen LogP contribution in [0.4, 0.5) is 0 Å². The SMILES string of the molecule is CCOc1cccc(C(C#N)NCc2ccncc2)c1. The van der Waals surface area contributed by atoms with Gasteiger partial charge >= 0.3 is 0 Å². The van der Waals surface area contributed by atoms with E-state index in [-0.39, 0.29) is 6.04 Å². The molecule has 1 aromatic heterocycles. The largest absolute Gasteiger partial charge is 0.494 e. The highest BCUT2D eigenvalue weighted by Crippen LogP contribution is 2.19. The number of nitriles is 1. The molecule has 1 aromatic carbocycles. The van der Waals surface area contributed by atoms with E-state index in [4.69, 9.17) is 4.74 Å². The third-order valence-electron chi connectivity index (χ3n) is 2.89. The maximum atomic E-state index is 9.31. The van der Waals surface area contributed by atoms with E-state index in [1.807, 2.05) is 43.3 Å². The molecule has 0 saturated heterocycles. The van der Waals surface area contributed by atoms with Crippen LogP contribution in [0.2, 0.25) is 0 Å². The van der Waals surface area contributed by atoms with Crippen LogP contribution >= 0.6 is 0 Å². The first-order chi connectivity index (χ1) is 9.83. The lowest BCUT2D eigenvalue weighted by Gasteiger charge is -2.13. The van der Waals surface area contributed by atoms with Crippen LogP contribution in [0.1, 0.15) is 24.1 Å². The Bertz CT molecular complexity index is 578. The third kappa shape index (κ3) is 3.81. The van der Waals surface area contributed by atoms with Crippen molar-refractivity contribution in [3.05, 3.63) is 59.9 Å². The minimum atomic E-state index is -0.358. The summed E-state index contributed by atoms with van der Waals surface area (Å²) in [7, 11) is 0. The van der Waals surface area contributed by atoms with Gasteiger partial charge in [-0.3, -0.25) is 10.3 Å². The van der Waals surface area contributed by atoms with Crippen LogP contribution in [0.15, 0.2) is 48.8 Å². The fraction of sp³-hybridized carbons (Fsp3) is 0.250. The highest BCUT2D eigenvalue weighted by molar-refractivity contribution is 5.33. The van der Waals surface area contributed by atoms with E-state index in [0.717, 1.165) is 16.9 Å². The minimum absolute atomic E-state index is 0.358. The lowest BCUT2D eigenvalue weighted by atomic mass is 10.1. The molecule has 4 nitrogen and oxygen atoms in total. The molecule has 1 heterocycles. The molecular weight excluding hydrogens is 250 g/mol. The molecule has 0 aliphatic rings. The van der Waals surface area contributed by atoms with Crippen molar-refractivity contribution < 1.29 is 4.74 Å².